The van der Waals surface area contributed by atoms with Crippen LogP contribution in [0.25, 0.3) is 0 Å². The molecule has 1 aromatic rings. The number of rotatable bonds is 1. The molecular weight excluding hydrogens is 282 g/mol. The standard InChI is InChI=1S/C14H14F6/c1-11(2)7-12(11,3)8-4-9(13(15,16)17)6-10(5-8)14(18,19)20/h4-6H,7H2,1-3H3. The highest BCUT2D eigenvalue weighted by Gasteiger charge is 2.58. The van der Waals surface area contributed by atoms with Crippen LogP contribution in [-0.2, 0) is 17.8 Å². The summed E-state index contributed by atoms with van der Waals surface area (Å²) < 4.78 is 76.6. The average molecular weight is 296 g/mol. The van der Waals surface area contributed by atoms with Crippen molar-refractivity contribution in [3.8, 4) is 0 Å². The molecule has 2 rings (SSSR count). The first-order valence-corrected chi connectivity index (χ1v) is 6.07. The Morgan fingerprint density at radius 1 is 0.800 bits per heavy atom. The summed E-state index contributed by atoms with van der Waals surface area (Å²) in [7, 11) is 0. The van der Waals surface area contributed by atoms with E-state index < -0.39 is 28.9 Å². The Hall–Kier alpha value is -1.20. The quantitative estimate of drug-likeness (QED) is 0.608. The Labute approximate surface area is 112 Å². The third-order valence-corrected chi connectivity index (χ3v) is 4.39. The fourth-order valence-electron chi connectivity index (χ4n) is 2.61. The van der Waals surface area contributed by atoms with E-state index in [0.717, 1.165) is 12.1 Å². The van der Waals surface area contributed by atoms with Gasteiger partial charge < -0.3 is 0 Å². The molecule has 0 aromatic heterocycles. The van der Waals surface area contributed by atoms with Crippen molar-refractivity contribution in [2.45, 2.75) is 45.0 Å². The molecule has 0 saturated heterocycles. The molecule has 1 fully saturated rings. The minimum Gasteiger partial charge on any atom is -0.166 e. The van der Waals surface area contributed by atoms with Gasteiger partial charge in [0.05, 0.1) is 11.1 Å². The summed E-state index contributed by atoms with van der Waals surface area (Å²) >= 11 is 0. The lowest BCUT2D eigenvalue weighted by Gasteiger charge is -2.20. The van der Waals surface area contributed by atoms with Crippen molar-refractivity contribution < 1.29 is 26.3 Å². The van der Waals surface area contributed by atoms with E-state index >= 15 is 0 Å². The summed E-state index contributed by atoms with van der Waals surface area (Å²) in [6.07, 6.45) is -9.00. The van der Waals surface area contributed by atoms with E-state index in [1.54, 1.807) is 6.92 Å². The van der Waals surface area contributed by atoms with Gasteiger partial charge in [-0.2, -0.15) is 26.3 Å². The third-order valence-electron chi connectivity index (χ3n) is 4.39. The van der Waals surface area contributed by atoms with E-state index in [4.69, 9.17) is 0 Å². The number of hydrogen-bond donors (Lipinski definition) is 0. The second kappa shape index (κ2) is 3.92. The van der Waals surface area contributed by atoms with E-state index in [9.17, 15) is 26.3 Å². The topological polar surface area (TPSA) is 0 Å². The molecule has 0 spiro atoms. The highest BCUT2D eigenvalue weighted by molar-refractivity contribution is 5.42. The van der Waals surface area contributed by atoms with Gasteiger partial charge in [-0.1, -0.05) is 20.8 Å². The summed E-state index contributed by atoms with van der Waals surface area (Å²) in [4.78, 5) is 0. The molecule has 0 N–H and O–H groups in total. The zero-order valence-electron chi connectivity index (χ0n) is 11.2. The number of alkyl halides is 6. The van der Waals surface area contributed by atoms with Crippen LogP contribution < -0.4 is 0 Å². The molecule has 0 radical (unpaired) electrons. The van der Waals surface area contributed by atoms with Crippen LogP contribution in [0.4, 0.5) is 26.3 Å². The fraction of sp³-hybridized carbons (Fsp3) is 0.571. The maximum Gasteiger partial charge on any atom is 0.416 e. The summed E-state index contributed by atoms with van der Waals surface area (Å²) in [6, 6.07) is 1.84. The molecule has 112 valence electrons. The van der Waals surface area contributed by atoms with Gasteiger partial charge in [0.2, 0.25) is 0 Å². The largest absolute Gasteiger partial charge is 0.416 e. The highest BCUT2D eigenvalue weighted by atomic mass is 19.4. The lowest BCUT2D eigenvalue weighted by Crippen LogP contribution is -2.16. The minimum absolute atomic E-state index is 0.102. The van der Waals surface area contributed by atoms with Crippen LogP contribution in [0.3, 0.4) is 0 Å². The summed E-state index contributed by atoms with van der Waals surface area (Å²) in [5, 5.41) is 0. The van der Waals surface area contributed by atoms with Crippen LogP contribution in [0.5, 0.6) is 0 Å². The monoisotopic (exact) mass is 296 g/mol. The van der Waals surface area contributed by atoms with E-state index in [-0.39, 0.29) is 17.0 Å². The lowest BCUT2D eigenvalue weighted by molar-refractivity contribution is -0.143. The van der Waals surface area contributed by atoms with Gasteiger partial charge in [-0.05, 0) is 41.0 Å². The van der Waals surface area contributed by atoms with Crippen molar-refractivity contribution in [2.75, 3.05) is 0 Å². The van der Waals surface area contributed by atoms with Gasteiger partial charge in [0.15, 0.2) is 0 Å². The van der Waals surface area contributed by atoms with Crippen LogP contribution in [0, 0.1) is 5.41 Å². The second-order valence-corrected chi connectivity index (χ2v) is 6.19. The van der Waals surface area contributed by atoms with Crippen LogP contribution in [0.15, 0.2) is 18.2 Å². The molecule has 6 heteroatoms. The zero-order chi connectivity index (χ0) is 15.6. The molecule has 1 saturated carbocycles. The normalized spacial score (nSPS) is 25.6. The Morgan fingerprint density at radius 2 is 1.15 bits per heavy atom. The van der Waals surface area contributed by atoms with Crippen molar-refractivity contribution in [3.63, 3.8) is 0 Å². The molecule has 20 heavy (non-hydrogen) atoms. The first-order chi connectivity index (χ1) is 8.77. The van der Waals surface area contributed by atoms with Crippen molar-refractivity contribution >= 4 is 0 Å². The Morgan fingerprint density at radius 3 is 1.40 bits per heavy atom. The number of halogens is 6. The zero-order valence-corrected chi connectivity index (χ0v) is 11.2. The van der Waals surface area contributed by atoms with E-state index in [1.807, 2.05) is 13.8 Å². The summed E-state index contributed by atoms with van der Waals surface area (Å²) in [5.74, 6) is 0. The van der Waals surface area contributed by atoms with Crippen LogP contribution in [-0.4, -0.2) is 0 Å². The maximum atomic E-state index is 12.8. The predicted molar refractivity (Wildman–Crippen MR) is 62.2 cm³/mol. The Balaban J connectivity index is 2.60. The third kappa shape index (κ3) is 2.40. The molecular formula is C14H14F6. The minimum atomic E-state index is -4.79. The van der Waals surface area contributed by atoms with E-state index in [1.165, 1.54) is 0 Å². The Bertz CT molecular complexity index is 505. The molecule has 1 atom stereocenters. The van der Waals surface area contributed by atoms with Crippen LogP contribution in [0.1, 0.15) is 43.9 Å². The van der Waals surface area contributed by atoms with Crippen LogP contribution >= 0.6 is 0 Å². The fourth-order valence-corrected chi connectivity index (χ4v) is 2.61. The van der Waals surface area contributed by atoms with Gasteiger partial charge in [-0.15, -0.1) is 0 Å². The molecule has 0 amide bonds. The summed E-state index contributed by atoms with van der Waals surface area (Å²) in [6.45, 7) is 5.36. The molecule has 0 bridgehead atoms. The van der Waals surface area contributed by atoms with Crippen molar-refractivity contribution in [1.29, 1.82) is 0 Å². The average Bonchev–Trinajstić information content (AvgIpc) is 2.76. The first-order valence-electron chi connectivity index (χ1n) is 6.07. The van der Waals surface area contributed by atoms with Gasteiger partial charge in [-0.25, -0.2) is 0 Å². The maximum absolute atomic E-state index is 12.8. The smallest absolute Gasteiger partial charge is 0.166 e. The van der Waals surface area contributed by atoms with Crippen molar-refractivity contribution in [1.82, 2.24) is 0 Å². The second-order valence-electron chi connectivity index (χ2n) is 6.19. The van der Waals surface area contributed by atoms with E-state index in [2.05, 4.69) is 0 Å². The first kappa shape index (κ1) is 15.2. The SMILES string of the molecule is CC1(C)CC1(C)c1cc(C(F)(F)F)cc(C(F)(F)F)c1. The van der Waals surface area contributed by atoms with Gasteiger partial charge >= 0.3 is 12.4 Å². The molecule has 1 aliphatic carbocycles. The van der Waals surface area contributed by atoms with Crippen molar-refractivity contribution in [2.24, 2.45) is 5.41 Å². The van der Waals surface area contributed by atoms with E-state index in [0.29, 0.717) is 6.42 Å². The number of benzene rings is 1. The van der Waals surface area contributed by atoms with Gasteiger partial charge in [0.25, 0.3) is 0 Å². The summed E-state index contributed by atoms with van der Waals surface area (Å²) in [5.41, 5.74) is -3.32. The van der Waals surface area contributed by atoms with Crippen molar-refractivity contribution in [3.05, 3.63) is 34.9 Å². The molecule has 1 unspecified atom stereocenters. The van der Waals surface area contributed by atoms with Gasteiger partial charge in [-0.3, -0.25) is 0 Å². The molecule has 0 nitrogen and oxygen atoms in total. The van der Waals surface area contributed by atoms with Gasteiger partial charge in [0.1, 0.15) is 0 Å². The Kier molecular flexibility index (Phi) is 2.98. The molecule has 0 heterocycles. The molecule has 0 aliphatic heterocycles. The van der Waals surface area contributed by atoms with Crippen LogP contribution in [0.2, 0.25) is 0 Å². The van der Waals surface area contributed by atoms with Gasteiger partial charge in [0, 0.05) is 0 Å². The molecule has 1 aromatic carbocycles. The predicted octanol–water partition coefficient (Wildman–Crippen LogP) is 5.41. The highest BCUT2D eigenvalue weighted by Crippen LogP contribution is 2.64. The molecule has 1 aliphatic rings. The lowest BCUT2D eigenvalue weighted by atomic mass is 9.87. The number of hydrogen-bond acceptors (Lipinski definition) is 0.